The SMILES string of the molecule is CNC(C(=O)N(C)CCNS(=O)(=O)c1ccc(C)cc1)c1cnn(C)c1. The van der Waals surface area contributed by atoms with E-state index in [1.54, 1.807) is 62.5 Å². The van der Waals surface area contributed by atoms with Gasteiger partial charge in [0.25, 0.3) is 0 Å². The summed E-state index contributed by atoms with van der Waals surface area (Å²) in [5.41, 5.74) is 1.75. The number of sulfonamides is 1. The van der Waals surface area contributed by atoms with Gasteiger partial charge >= 0.3 is 0 Å². The van der Waals surface area contributed by atoms with Gasteiger partial charge in [-0.15, -0.1) is 0 Å². The van der Waals surface area contributed by atoms with E-state index in [4.69, 9.17) is 0 Å². The fourth-order valence-electron chi connectivity index (χ4n) is 2.50. The lowest BCUT2D eigenvalue weighted by molar-refractivity contribution is -0.132. The standard InChI is InChI=1S/C17H25N5O3S/c1-13-5-7-15(8-6-13)26(24,25)20-9-10-21(3)17(23)16(18-2)14-11-19-22(4)12-14/h5-8,11-12,16,18,20H,9-10H2,1-4H3. The Kier molecular flexibility index (Phi) is 6.52. The molecule has 0 aliphatic carbocycles. The molecule has 142 valence electrons. The van der Waals surface area contributed by atoms with Crippen molar-refractivity contribution in [2.24, 2.45) is 7.05 Å². The van der Waals surface area contributed by atoms with Crippen LogP contribution < -0.4 is 10.0 Å². The molecule has 0 spiro atoms. The van der Waals surface area contributed by atoms with Crippen molar-refractivity contribution >= 4 is 15.9 Å². The summed E-state index contributed by atoms with van der Waals surface area (Å²) in [4.78, 5) is 14.3. The number of carbonyl (C=O) groups excluding carboxylic acids is 1. The van der Waals surface area contributed by atoms with Crippen LogP contribution in [0.5, 0.6) is 0 Å². The van der Waals surface area contributed by atoms with Crippen LogP contribution in [-0.2, 0) is 21.9 Å². The van der Waals surface area contributed by atoms with Crippen LogP contribution in [0.25, 0.3) is 0 Å². The Morgan fingerprint density at radius 1 is 1.31 bits per heavy atom. The van der Waals surface area contributed by atoms with Gasteiger partial charge in [0.05, 0.1) is 11.1 Å². The van der Waals surface area contributed by atoms with Crippen LogP contribution in [0.1, 0.15) is 17.2 Å². The molecule has 1 heterocycles. The van der Waals surface area contributed by atoms with E-state index < -0.39 is 16.1 Å². The average Bonchev–Trinajstić information content (AvgIpc) is 3.01. The predicted molar refractivity (Wildman–Crippen MR) is 99.0 cm³/mol. The number of benzene rings is 1. The molecule has 0 bridgehead atoms. The van der Waals surface area contributed by atoms with Crippen LogP contribution in [-0.4, -0.2) is 56.2 Å². The van der Waals surface area contributed by atoms with Gasteiger partial charge in [0.15, 0.2) is 0 Å². The van der Waals surface area contributed by atoms with Crippen LogP contribution >= 0.6 is 0 Å². The van der Waals surface area contributed by atoms with E-state index in [0.717, 1.165) is 11.1 Å². The molecule has 2 aromatic rings. The summed E-state index contributed by atoms with van der Waals surface area (Å²) in [5, 5.41) is 7.04. The first kappa shape index (κ1) is 20.1. The first-order chi connectivity index (χ1) is 12.2. The van der Waals surface area contributed by atoms with Gasteiger partial charge in [0.1, 0.15) is 6.04 Å². The Morgan fingerprint density at radius 2 is 1.96 bits per heavy atom. The Labute approximate surface area is 154 Å². The number of amides is 1. The van der Waals surface area contributed by atoms with Gasteiger partial charge in [-0.05, 0) is 26.1 Å². The Morgan fingerprint density at radius 3 is 2.50 bits per heavy atom. The van der Waals surface area contributed by atoms with E-state index in [1.165, 1.54) is 4.90 Å². The molecule has 1 aromatic heterocycles. The highest BCUT2D eigenvalue weighted by molar-refractivity contribution is 7.89. The molecule has 0 fully saturated rings. The van der Waals surface area contributed by atoms with Crippen molar-refractivity contribution in [1.82, 2.24) is 24.7 Å². The number of carbonyl (C=O) groups is 1. The van der Waals surface area contributed by atoms with Crippen molar-refractivity contribution in [2.45, 2.75) is 17.9 Å². The minimum absolute atomic E-state index is 0.127. The fraction of sp³-hybridized carbons (Fsp3) is 0.412. The van der Waals surface area contributed by atoms with E-state index in [2.05, 4.69) is 15.1 Å². The molecule has 26 heavy (non-hydrogen) atoms. The summed E-state index contributed by atoms with van der Waals surface area (Å²) in [5.74, 6) is -0.157. The van der Waals surface area contributed by atoms with Crippen LogP contribution in [0.4, 0.5) is 0 Å². The third-order valence-electron chi connectivity index (χ3n) is 4.04. The quantitative estimate of drug-likeness (QED) is 0.693. The summed E-state index contributed by atoms with van der Waals surface area (Å²) >= 11 is 0. The van der Waals surface area contributed by atoms with Crippen molar-refractivity contribution in [3.8, 4) is 0 Å². The van der Waals surface area contributed by atoms with E-state index in [9.17, 15) is 13.2 Å². The zero-order chi connectivity index (χ0) is 19.3. The molecule has 9 heteroatoms. The molecule has 0 aliphatic rings. The highest BCUT2D eigenvalue weighted by Gasteiger charge is 2.23. The molecular weight excluding hydrogens is 354 g/mol. The predicted octanol–water partition coefficient (Wildman–Crippen LogP) is 0.426. The first-order valence-electron chi connectivity index (χ1n) is 8.21. The Bertz CT molecular complexity index is 846. The highest BCUT2D eigenvalue weighted by atomic mass is 32.2. The smallest absolute Gasteiger partial charge is 0.244 e. The maximum absolute atomic E-state index is 12.6. The molecule has 0 aliphatic heterocycles. The van der Waals surface area contributed by atoms with Gasteiger partial charge in [-0.2, -0.15) is 5.10 Å². The molecule has 1 atom stereocenters. The lowest BCUT2D eigenvalue weighted by atomic mass is 10.1. The monoisotopic (exact) mass is 379 g/mol. The summed E-state index contributed by atoms with van der Waals surface area (Å²) < 4.78 is 28.7. The van der Waals surface area contributed by atoms with E-state index in [0.29, 0.717) is 0 Å². The van der Waals surface area contributed by atoms with Crippen LogP contribution in [0.15, 0.2) is 41.6 Å². The van der Waals surface area contributed by atoms with E-state index in [1.807, 2.05) is 6.92 Å². The molecule has 0 radical (unpaired) electrons. The molecule has 0 saturated heterocycles. The third kappa shape index (κ3) is 4.90. The molecule has 1 amide bonds. The minimum Gasteiger partial charge on any atom is -0.343 e. The average molecular weight is 379 g/mol. The normalized spacial score (nSPS) is 12.8. The molecule has 8 nitrogen and oxygen atoms in total. The molecule has 0 saturated carbocycles. The first-order valence-corrected chi connectivity index (χ1v) is 9.70. The van der Waals surface area contributed by atoms with Gasteiger partial charge in [-0.3, -0.25) is 9.48 Å². The molecule has 2 N–H and O–H groups in total. The van der Waals surface area contributed by atoms with Crippen molar-refractivity contribution in [3.05, 3.63) is 47.8 Å². The largest absolute Gasteiger partial charge is 0.343 e. The lowest BCUT2D eigenvalue weighted by Crippen LogP contribution is -2.41. The molecule has 2 rings (SSSR count). The zero-order valence-corrected chi connectivity index (χ0v) is 16.2. The number of hydrogen-bond acceptors (Lipinski definition) is 5. The number of nitrogens with zero attached hydrogens (tertiary/aromatic N) is 3. The number of likely N-dealkylation sites (N-methyl/N-ethyl adjacent to an activating group) is 2. The maximum atomic E-state index is 12.6. The molecule has 1 aromatic carbocycles. The summed E-state index contributed by atoms with van der Waals surface area (Å²) in [7, 11) is 1.53. The van der Waals surface area contributed by atoms with Crippen LogP contribution in [0, 0.1) is 6.92 Å². The Hall–Kier alpha value is -2.23. The van der Waals surface area contributed by atoms with Crippen molar-refractivity contribution in [2.75, 3.05) is 27.2 Å². The van der Waals surface area contributed by atoms with Gasteiger partial charge < -0.3 is 10.2 Å². The third-order valence-corrected chi connectivity index (χ3v) is 5.52. The highest BCUT2D eigenvalue weighted by Crippen LogP contribution is 2.14. The number of aryl methyl sites for hydroxylation is 2. The van der Waals surface area contributed by atoms with Gasteiger partial charge in [0, 0.05) is 38.9 Å². The molecule has 1 unspecified atom stereocenters. The topological polar surface area (TPSA) is 96.3 Å². The Balaban J connectivity index is 1.93. The number of aromatic nitrogens is 2. The number of rotatable bonds is 8. The molecular formula is C17H25N5O3S. The van der Waals surface area contributed by atoms with Gasteiger partial charge in [-0.1, -0.05) is 17.7 Å². The number of hydrogen-bond donors (Lipinski definition) is 2. The second-order valence-electron chi connectivity index (χ2n) is 6.14. The maximum Gasteiger partial charge on any atom is 0.244 e. The van der Waals surface area contributed by atoms with E-state index >= 15 is 0 Å². The second-order valence-corrected chi connectivity index (χ2v) is 7.91. The summed E-state index contributed by atoms with van der Waals surface area (Å²) in [6.07, 6.45) is 3.40. The van der Waals surface area contributed by atoms with E-state index in [-0.39, 0.29) is 23.9 Å². The summed E-state index contributed by atoms with van der Waals surface area (Å²) in [6.45, 7) is 2.27. The second kappa shape index (κ2) is 8.43. The van der Waals surface area contributed by atoms with Crippen LogP contribution in [0.3, 0.4) is 0 Å². The zero-order valence-electron chi connectivity index (χ0n) is 15.4. The van der Waals surface area contributed by atoms with Crippen LogP contribution in [0.2, 0.25) is 0 Å². The van der Waals surface area contributed by atoms with Gasteiger partial charge in [0.2, 0.25) is 15.9 Å². The van der Waals surface area contributed by atoms with Crippen molar-refractivity contribution < 1.29 is 13.2 Å². The minimum atomic E-state index is -3.59. The van der Waals surface area contributed by atoms with Crippen molar-refractivity contribution in [3.63, 3.8) is 0 Å². The van der Waals surface area contributed by atoms with Crippen molar-refractivity contribution in [1.29, 1.82) is 0 Å². The lowest BCUT2D eigenvalue weighted by Gasteiger charge is -2.23. The fourth-order valence-corrected chi connectivity index (χ4v) is 3.52. The number of nitrogens with one attached hydrogen (secondary N) is 2. The summed E-state index contributed by atoms with van der Waals surface area (Å²) in [6, 6.07) is 6.09. The van der Waals surface area contributed by atoms with Gasteiger partial charge in [-0.25, -0.2) is 13.1 Å².